The Kier molecular flexibility index (Phi) is 8.60. The molecule has 0 aromatic carbocycles. The zero-order valence-electron chi connectivity index (χ0n) is 9.61. The van der Waals surface area contributed by atoms with Crippen LogP contribution in [0.25, 0.3) is 0 Å². The van der Waals surface area contributed by atoms with E-state index in [-0.39, 0.29) is 35.2 Å². The Bertz CT molecular complexity index is 195. The Morgan fingerprint density at radius 3 is 1.80 bits per heavy atom. The molecule has 0 unspecified atom stereocenters. The van der Waals surface area contributed by atoms with Crippen molar-refractivity contribution in [2.45, 2.75) is 46.2 Å². The number of nitrogens with zero attached hydrogens (tertiary/aromatic N) is 2. The van der Waals surface area contributed by atoms with Crippen LogP contribution >= 0.6 is 8.53 Å². The van der Waals surface area contributed by atoms with Crippen molar-refractivity contribution < 1.29 is 26.4 Å². The first-order valence-electron chi connectivity index (χ1n) is 4.78. The molecule has 0 fully saturated rings. The quantitative estimate of drug-likeness (QED) is 0.508. The first-order valence-corrected chi connectivity index (χ1v) is 5.91. The van der Waals surface area contributed by atoms with Crippen molar-refractivity contribution in [2.24, 2.45) is 0 Å². The Hall–Kier alpha value is 0.0900. The van der Waals surface area contributed by atoms with Gasteiger partial charge in [-0.1, -0.05) is 8.53 Å². The van der Waals surface area contributed by atoms with E-state index in [0.29, 0.717) is 6.54 Å². The first kappa shape index (κ1) is 17.5. The van der Waals surface area contributed by atoms with Gasteiger partial charge in [-0.15, -0.1) is 0 Å². The van der Waals surface area contributed by atoms with E-state index in [0.717, 1.165) is 0 Å². The highest BCUT2D eigenvalue weighted by atomic mass is 35.5. The van der Waals surface area contributed by atoms with Crippen molar-refractivity contribution in [3.05, 3.63) is 0 Å². The van der Waals surface area contributed by atoms with Gasteiger partial charge in [0, 0.05) is 0 Å². The van der Waals surface area contributed by atoms with Crippen LogP contribution in [0.15, 0.2) is 0 Å². The summed E-state index contributed by atoms with van der Waals surface area (Å²) in [5.74, 6) is 0. The van der Waals surface area contributed by atoms with Crippen LogP contribution in [0, 0.1) is 11.3 Å². The molecule has 0 aliphatic heterocycles. The van der Waals surface area contributed by atoms with Crippen LogP contribution in [0.4, 0.5) is 0 Å². The molecule has 90 valence electrons. The maximum atomic E-state index is 11.3. The lowest BCUT2D eigenvalue weighted by molar-refractivity contribution is -0.882. The average molecular weight is 253 g/mol. The fourth-order valence-corrected chi connectivity index (χ4v) is 2.82. The van der Waals surface area contributed by atoms with Crippen LogP contribution in [-0.4, -0.2) is 22.9 Å². The minimum Gasteiger partial charge on any atom is -1.00 e. The number of quaternary nitrogens is 1. The summed E-state index contributed by atoms with van der Waals surface area (Å²) in [6.45, 7) is 7.89. The van der Waals surface area contributed by atoms with Crippen LogP contribution < -0.4 is 22.2 Å². The predicted octanol–water partition coefficient (Wildman–Crippen LogP) is -2.51. The summed E-state index contributed by atoms with van der Waals surface area (Å²) in [6.07, 6.45) is 0.277. The first-order chi connectivity index (χ1) is 6.39. The molecular weight excluding hydrogens is 235 g/mol. The van der Waals surface area contributed by atoms with E-state index < -0.39 is 8.53 Å². The molecule has 4 nitrogen and oxygen atoms in total. The van der Waals surface area contributed by atoms with Gasteiger partial charge in [0.25, 0.3) is 0 Å². The fourth-order valence-electron chi connectivity index (χ4n) is 1.80. The lowest BCUT2D eigenvalue weighted by Gasteiger charge is -2.57. The van der Waals surface area contributed by atoms with Gasteiger partial charge in [0.2, 0.25) is 0 Å². The van der Waals surface area contributed by atoms with Gasteiger partial charge in [-0.25, -0.2) is 0 Å². The van der Waals surface area contributed by atoms with E-state index in [4.69, 9.17) is 5.26 Å². The molecule has 0 rings (SSSR count). The molecule has 0 radical (unpaired) electrons. The smallest absolute Gasteiger partial charge is 0.0916 e. The maximum Gasteiger partial charge on any atom is 0.0916 e. The lowest BCUT2D eigenvalue weighted by atomic mass is 10.2. The van der Waals surface area contributed by atoms with Gasteiger partial charge >= 0.3 is 0 Å². The Balaban J connectivity index is 0. The van der Waals surface area contributed by atoms with Crippen LogP contribution in [-0.2, 0) is 0 Å². The molecule has 6 heteroatoms. The van der Waals surface area contributed by atoms with Crippen LogP contribution in [0.2, 0.25) is 0 Å². The molecule has 0 heterocycles. The van der Waals surface area contributed by atoms with Gasteiger partial charge < -0.3 is 26.4 Å². The summed E-state index contributed by atoms with van der Waals surface area (Å²) in [6, 6.07) is 1.99. The van der Waals surface area contributed by atoms with Gasteiger partial charge in [-0.05, 0) is 27.7 Å². The Morgan fingerprint density at radius 2 is 1.60 bits per heavy atom. The Labute approximate surface area is 99.5 Å². The SMILES string of the molecule is CC(C)[N+](CCC#N)(C(C)C)P([O-])[O-].[Cl-]. The summed E-state index contributed by atoms with van der Waals surface area (Å²) < 4.78 is 0.00287. The molecule has 0 aromatic heterocycles. The molecule has 0 atom stereocenters. The monoisotopic (exact) mass is 252 g/mol. The Morgan fingerprint density at radius 1 is 1.20 bits per heavy atom. The van der Waals surface area contributed by atoms with Crippen molar-refractivity contribution in [2.75, 3.05) is 6.54 Å². The molecule has 0 saturated heterocycles. The summed E-state index contributed by atoms with van der Waals surface area (Å²) in [7, 11) is -2.55. The van der Waals surface area contributed by atoms with Gasteiger partial charge in [0.15, 0.2) is 0 Å². The summed E-state index contributed by atoms with van der Waals surface area (Å²) in [4.78, 5) is 22.6. The normalized spacial score (nSPS) is 11.7. The van der Waals surface area contributed by atoms with Crippen molar-refractivity contribution in [3.8, 4) is 6.07 Å². The van der Waals surface area contributed by atoms with Gasteiger partial charge in [-0.3, -0.25) is 0 Å². The average Bonchev–Trinajstić information content (AvgIpc) is 2.03. The van der Waals surface area contributed by atoms with Gasteiger partial charge in [0.1, 0.15) is 0 Å². The van der Waals surface area contributed by atoms with Crippen molar-refractivity contribution in [1.82, 2.24) is 0 Å². The topological polar surface area (TPSA) is 69.9 Å². The van der Waals surface area contributed by atoms with E-state index in [9.17, 15) is 9.79 Å². The molecule has 0 amide bonds. The molecule has 0 aromatic rings. The highest BCUT2D eigenvalue weighted by Crippen LogP contribution is 2.39. The maximum absolute atomic E-state index is 11.3. The third kappa shape index (κ3) is 3.86. The molecule has 0 spiro atoms. The second-order valence-corrected chi connectivity index (χ2v) is 5.16. The van der Waals surface area contributed by atoms with Crippen LogP contribution in [0.1, 0.15) is 34.1 Å². The van der Waals surface area contributed by atoms with Gasteiger partial charge in [0.05, 0.1) is 31.1 Å². The summed E-state index contributed by atoms with van der Waals surface area (Å²) >= 11 is 0. The summed E-state index contributed by atoms with van der Waals surface area (Å²) in [5.41, 5.74) is 0. The molecule has 0 aliphatic carbocycles. The molecule has 0 aliphatic rings. The van der Waals surface area contributed by atoms with Gasteiger partial charge in [-0.2, -0.15) is 5.26 Å². The van der Waals surface area contributed by atoms with Crippen molar-refractivity contribution in [3.63, 3.8) is 0 Å². The number of rotatable bonds is 5. The van der Waals surface area contributed by atoms with E-state index >= 15 is 0 Å². The zero-order valence-corrected chi connectivity index (χ0v) is 11.3. The second kappa shape index (κ2) is 7.38. The van der Waals surface area contributed by atoms with Crippen LogP contribution in [0.5, 0.6) is 0 Å². The van der Waals surface area contributed by atoms with Crippen molar-refractivity contribution in [1.29, 1.82) is 5.26 Å². The summed E-state index contributed by atoms with van der Waals surface area (Å²) in [5, 5.41) is 8.52. The molecule has 0 N–H and O–H groups in total. The largest absolute Gasteiger partial charge is 1.00 e. The number of nitriles is 1. The molecular formula is C9H18ClN2O2P-2. The van der Waals surface area contributed by atoms with Crippen LogP contribution in [0.3, 0.4) is 0 Å². The number of hydrogen-bond donors (Lipinski definition) is 0. The minimum absolute atomic E-state index is 0. The second-order valence-electron chi connectivity index (χ2n) is 3.94. The standard InChI is InChI=1S/C9H18N2O2P.ClH/c1-8(2)11(9(3)4,14(12)13)7-5-6-10;/h8-9H,5,7H2,1-4H3;1H/q-1;/p-1. The third-order valence-electron chi connectivity index (χ3n) is 2.67. The minimum atomic E-state index is -2.55. The predicted molar refractivity (Wildman–Crippen MR) is 52.5 cm³/mol. The van der Waals surface area contributed by atoms with E-state index in [1.165, 1.54) is 0 Å². The zero-order chi connectivity index (χ0) is 11.4. The highest BCUT2D eigenvalue weighted by Gasteiger charge is 2.32. The fraction of sp³-hybridized carbons (Fsp3) is 0.889. The number of halogens is 1. The molecule has 15 heavy (non-hydrogen) atoms. The van der Waals surface area contributed by atoms with E-state index in [1.54, 1.807) is 0 Å². The highest BCUT2D eigenvalue weighted by molar-refractivity contribution is 7.35. The molecule has 0 saturated carbocycles. The number of hydrogen-bond acceptors (Lipinski definition) is 3. The molecule has 0 bridgehead atoms. The third-order valence-corrected chi connectivity index (χ3v) is 4.41. The lowest BCUT2D eigenvalue weighted by Crippen LogP contribution is -3.00. The van der Waals surface area contributed by atoms with Crippen molar-refractivity contribution >= 4 is 8.53 Å². The van der Waals surface area contributed by atoms with E-state index in [1.807, 2.05) is 33.8 Å². The van der Waals surface area contributed by atoms with E-state index in [2.05, 4.69) is 0 Å².